The Morgan fingerprint density at radius 2 is 2.15 bits per heavy atom. The highest BCUT2D eigenvalue weighted by atomic mass is 32.2. The maximum atomic E-state index is 12.8. The van der Waals surface area contributed by atoms with Crippen LogP contribution in [0.4, 0.5) is 5.69 Å². The molecule has 0 aromatic carbocycles. The summed E-state index contributed by atoms with van der Waals surface area (Å²) in [7, 11) is -3.72. The third kappa shape index (κ3) is 2.93. The van der Waals surface area contributed by atoms with Crippen LogP contribution < -0.4 is 11.3 Å². The van der Waals surface area contributed by atoms with Crippen LogP contribution in [-0.2, 0) is 10.0 Å². The smallest absolute Gasteiger partial charge is 0.247 e. The van der Waals surface area contributed by atoms with E-state index in [1.165, 1.54) is 22.8 Å². The van der Waals surface area contributed by atoms with Gasteiger partial charge < -0.3 is 10.5 Å². The van der Waals surface area contributed by atoms with E-state index in [0.717, 1.165) is 25.7 Å². The van der Waals surface area contributed by atoms with Gasteiger partial charge in [0.15, 0.2) is 0 Å². The van der Waals surface area contributed by atoms with E-state index < -0.39 is 10.0 Å². The van der Waals surface area contributed by atoms with Crippen LogP contribution in [0.3, 0.4) is 0 Å². The number of hydrogen-bond acceptors (Lipinski definition) is 6. The number of nitrogens with two attached hydrogens (primary N) is 1. The minimum atomic E-state index is -3.72. The van der Waals surface area contributed by atoms with Crippen LogP contribution in [0.5, 0.6) is 0 Å². The van der Waals surface area contributed by atoms with Crippen LogP contribution >= 0.6 is 0 Å². The van der Waals surface area contributed by atoms with Crippen molar-refractivity contribution in [2.24, 2.45) is 5.84 Å². The molecule has 20 heavy (non-hydrogen) atoms. The number of pyridine rings is 1. The fourth-order valence-electron chi connectivity index (χ4n) is 2.62. The van der Waals surface area contributed by atoms with Crippen molar-refractivity contribution >= 4 is 15.7 Å². The second-order valence-electron chi connectivity index (χ2n) is 4.79. The molecule has 0 unspecified atom stereocenters. The molecule has 1 aromatic rings. The summed E-state index contributed by atoms with van der Waals surface area (Å²) in [5.41, 5.74) is 2.69. The highest BCUT2D eigenvalue weighted by molar-refractivity contribution is 7.89. The molecule has 0 atom stereocenters. The molecule has 0 amide bonds. The van der Waals surface area contributed by atoms with Gasteiger partial charge in [-0.15, -0.1) is 0 Å². The van der Waals surface area contributed by atoms with Crippen molar-refractivity contribution in [1.29, 1.82) is 0 Å². The van der Waals surface area contributed by atoms with Gasteiger partial charge in [0, 0.05) is 25.0 Å². The molecule has 1 saturated carbocycles. The van der Waals surface area contributed by atoms with Gasteiger partial charge in [0.25, 0.3) is 0 Å². The molecule has 4 N–H and O–H groups in total. The summed E-state index contributed by atoms with van der Waals surface area (Å²) < 4.78 is 26.9. The first-order valence-corrected chi connectivity index (χ1v) is 8.08. The first kappa shape index (κ1) is 15.2. The molecule has 1 heterocycles. The van der Waals surface area contributed by atoms with Crippen molar-refractivity contribution in [2.75, 3.05) is 18.6 Å². The summed E-state index contributed by atoms with van der Waals surface area (Å²) >= 11 is 0. The minimum absolute atomic E-state index is 0.0443. The molecule has 2 rings (SSSR count). The summed E-state index contributed by atoms with van der Waals surface area (Å²) in [6.45, 7) is -0.118. The van der Waals surface area contributed by atoms with Crippen LogP contribution in [-0.4, -0.2) is 42.0 Å². The van der Waals surface area contributed by atoms with Gasteiger partial charge in [-0.2, -0.15) is 4.31 Å². The topological polar surface area (TPSA) is 109 Å². The van der Waals surface area contributed by atoms with Crippen molar-refractivity contribution in [3.05, 3.63) is 18.5 Å². The van der Waals surface area contributed by atoms with Crippen molar-refractivity contribution in [1.82, 2.24) is 9.29 Å². The van der Waals surface area contributed by atoms with Crippen LogP contribution in [0.2, 0.25) is 0 Å². The van der Waals surface area contributed by atoms with Gasteiger partial charge >= 0.3 is 0 Å². The number of sulfonamides is 1. The summed E-state index contributed by atoms with van der Waals surface area (Å²) in [6, 6.07) is 1.46. The number of nitrogens with zero attached hydrogens (tertiary/aromatic N) is 2. The first-order valence-electron chi connectivity index (χ1n) is 6.64. The lowest BCUT2D eigenvalue weighted by Crippen LogP contribution is -2.41. The van der Waals surface area contributed by atoms with E-state index in [9.17, 15) is 13.5 Å². The lowest BCUT2D eigenvalue weighted by atomic mass is 10.2. The monoisotopic (exact) mass is 300 g/mol. The Morgan fingerprint density at radius 3 is 2.75 bits per heavy atom. The molecule has 1 aliphatic rings. The number of aliphatic hydroxyl groups is 1. The molecule has 1 aliphatic carbocycles. The molecule has 1 aromatic heterocycles. The molecular weight excluding hydrogens is 280 g/mol. The lowest BCUT2D eigenvalue weighted by Gasteiger charge is -2.27. The maximum Gasteiger partial charge on any atom is 0.247 e. The molecule has 0 saturated heterocycles. The maximum absolute atomic E-state index is 12.8. The number of nitrogen functional groups attached to an aromatic ring is 1. The average Bonchev–Trinajstić information content (AvgIpc) is 2.98. The highest BCUT2D eigenvalue weighted by Gasteiger charge is 2.34. The normalized spacial score (nSPS) is 16.8. The fraction of sp³-hybridized carbons (Fsp3) is 0.583. The number of nitrogens with one attached hydrogen (secondary N) is 1. The van der Waals surface area contributed by atoms with Crippen LogP contribution in [0.15, 0.2) is 23.4 Å². The molecular formula is C12H20N4O3S. The number of rotatable bonds is 6. The largest absolute Gasteiger partial charge is 0.395 e. The zero-order chi connectivity index (χ0) is 14.6. The van der Waals surface area contributed by atoms with Crippen LogP contribution in [0, 0.1) is 0 Å². The van der Waals surface area contributed by atoms with Crippen molar-refractivity contribution in [3.8, 4) is 0 Å². The Balaban J connectivity index is 2.39. The minimum Gasteiger partial charge on any atom is -0.395 e. The standard InChI is InChI=1S/C12H20N4O3S/c13-15-11-5-6-14-9-12(11)20(18,19)16(7-8-17)10-3-1-2-4-10/h5-6,9-10,17H,1-4,7-8,13H2,(H,14,15). The lowest BCUT2D eigenvalue weighted by molar-refractivity contribution is 0.226. The first-order chi connectivity index (χ1) is 9.61. The van der Waals surface area contributed by atoms with E-state index in [-0.39, 0.29) is 24.1 Å². The molecule has 7 nitrogen and oxygen atoms in total. The van der Waals surface area contributed by atoms with Gasteiger partial charge in [0.1, 0.15) is 4.90 Å². The zero-order valence-corrected chi connectivity index (χ0v) is 12.0. The van der Waals surface area contributed by atoms with Gasteiger partial charge in [-0.25, -0.2) is 8.42 Å². The Kier molecular flexibility index (Phi) is 4.92. The van der Waals surface area contributed by atoms with Gasteiger partial charge in [-0.05, 0) is 18.9 Å². The summed E-state index contributed by atoms with van der Waals surface area (Å²) in [5, 5.41) is 9.17. The van der Waals surface area contributed by atoms with E-state index in [4.69, 9.17) is 5.84 Å². The molecule has 8 heteroatoms. The number of hydrazine groups is 1. The van der Waals surface area contributed by atoms with Gasteiger partial charge in [-0.1, -0.05) is 12.8 Å². The Labute approximate surface area is 118 Å². The molecule has 112 valence electrons. The van der Waals surface area contributed by atoms with Gasteiger partial charge in [0.2, 0.25) is 10.0 Å². The van der Waals surface area contributed by atoms with Crippen molar-refractivity contribution in [3.63, 3.8) is 0 Å². The summed E-state index contributed by atoms with van der Waals surface area (Å²) in [5.74, 6) is 5.36. The van der Waals surface area contributed by atoms with Gasteiger partial charge in [-0.3, -0.25) is 10.8 Å². The molecule has 0 spiro atoms. The third-order valence-electron chi connectivity index (χ3n) is 3.58. The van der Waals surface area contributed by atoms with E-state index >= 15 is 0 Å². The van der Waals surface area contributed by atoms with Crippen molar-refractivity contribution in [2.45, 2.75) is 36.6 Å². The van der Waals surface area contributed by atoms with E-state index in [1.807, 2.05) is 0 Å². The second-order valence-corrected chi connectivity index (χ2v) is 6.65. The number of hydrogen-bond donors (Lipinski definition) is 3. The fourth-order valence-corrected chi connectivity index (χ4v) is 4.40. The summed E-state index contributed by atoms with van der Waals surface area (Å²) in [6.07, 6.45) is 6.42. The second kappa shape index (κ2) is 6.49. The molecule has 0 bridgehead atoms. The van der Waals surface area contributed by atoms with Crippen LogP contribution in [0.1, 0.15) is 25.7 Å². The Hall–Kier alpha value is -1.22. The van der Waals surface area contributed by atoms with E-state index in [0.29, 0.717) is 5.69 Å². The molecule has 0 radical (unpaired) electrons. The SMILES string of the molecule is NNc1ccncc1S(=O)(=O)N(CCO)C1CCCC1. The van der Waals surface area contributed by atoms with Gasteiger partial charge in [0.05, 0.1) is 12.3 Å². The van der Waals surface area contributed by atoms with E-state index in [1.54, 1.807) is 0 Å². The number of aromatic nitrogens is 1. The van der Waals surface area contributed by atoms with Crippen molar-refractivity contribution < 1.29 is 13.5 Å². The Morgan fingerprint density at radius 1 is 1.45 bits per heavy atom. The highest BCUT2D eigenvalue weighted by Crippen LogP contribution is 2.30. The quantitative estimate of drug-likeness (QED) is 0.515. The number of aliphatic hydroxyl groups excluding tert-OH is 1. The Bertz CT molecular complexity index is 543. The predicted octanol–water partition coefficient (Wildman–Crippen LogP) is 0.293. The molecule has 1 fully saturated rings. The summed E-state index contributed by atoms with van der Waals surface area (Å²) in [4.78, 5) is 3.91. The van der Waals surface area contributed by atoms with E-state index in [2.05, 4.69) is 10.4 Å². The van der Waals surface area contributed by atoms with Crippen LogP contribution in [0.25, 0.3) is 0 Å². The predicted molar refractivity (Wildman–Crippen MR) is 75.3 cm³/mol. The third-order valence-corrected chi connectivity index (χ3v) is 5.56. The number of anilines is 1. The zero-order valence-electron chi connectivity index (χ0n) is 11.2. The average molecular weight is 300 g/mol. The molecule has 0 aliphatic heterocycles.